The first-order chi connectivity index (χ1) is 9.65. The molecule has 20 heavy (non-hydrogen) atoms. The molecule has 2 amide bonds. The monoisotopic (exact) mass is 292 g/mol. The molecule has 1 heterocycles. The Hall–Kier alpha value is -1.82. The zero-order chi connectivity index (χ0) is 14.5. The summed E-state index contributed by atoms with van der Waals surface area (Å²) >= 11 is 1.39. The number of benzene rings is 1. The van der Waals surface area contributed by atoms with Gasteiger partial charge in [-0.25, -0.2) is 0 Å². The highest BCUT2D eigenvalue weighted by molar-refractivity contribution is 8.00. The van der Waals surface area contributed by atoms with Crippen molar-refractivity contribution in [3.8, 4) is 0 Å². The fourth-order valence-corrected chi connectivity index (χ4v) is 2.91. The van der Waals surface area contributed by atoms with Crippen LogP contribution in [0.4, 0.5) is 5.69 Å². The molecule has 1 aliphatic rings. The van der Waals surface area contributed by atoms with Gasteiger partial charge in [0, 0.05) is 17.0 Å². The molecule has 6 heteroatoms. The van der Waals surface area contributed by atoms with Crippen LogP contribution in [0.1, 0.15) is 23.7 Å². The lowest BCUT2D eigenvalue weighted by atomic mass is 10.2. The van der Waals surface area contributed by atoms with Crippen molar-refractivity contribution >= 4 is 35.5 Å². The molecule has 2 rings (SSSR count). The van der Waals surface area contributed by atoms with Gasteiger partial charge in [-0.1, -0.05) is 6.92 Å². The van der Waals surface area contributed by atoms with Crippen molar-refractivity contribution in [3.05, 3.63) is 23.8 Å². The van der Waals surface area contributed by atoms with Crippen LogP contribution in [0.2, 0.25) is 0 Å². The van der Waals surface area contributed by atoms with Crippen molar-refractivity contribution in [2.75, 3.05) is 23.7 Å². The number of rotatable bonds is 5. The molecule has 0 fully saturated rings. The number of nitrogens with zero attached hydrogens (tertiary/aromatic N) is 1. The third kappa shape index (κ3) is 3.19. The van der Waals surface area contributed by atoms with Gasteiger partial charge in [0.05, 0.1) is 11.4 Å². The molecule has 1 aliphatic heterocycles. The van der Waals surface area contributed by atoms with Crippen LogP contribution in [0.15, 0.2) is 23.1 Å². The normalized spacial score (nSPS) is 13.8. The largest absolute Gasteiger partial charge is 0.355 e. The summed E-state index contributed by atoms with van der Waals surface area (Å²) in [5.74, 6) is 0.0293. The number of hydrogen-bond donors (Lipinski definition) is 1. The van der Waals surface area contributed by atoms with Crippen molar-refractivity contribution in [1.82, 2.24) is 5.32 Å². The number of hydrogen-bond acceptors (Lipinski definition) is 4. The molecule has 0 bridgehead atoms. The highest BCUT2D eigenvalue weighted by Crippen LogP contribution is 2.35. The van der Waals surface area contributed by atoms with Crippen LogP contribution in [-0.4, -0.2) is 36.9 Å². The summed E-state index contributed by atoms with van der Waals surface area (Å²) < 4.78 is 0. The molecule has 1 aromatic rings. The van der Waals surface area contributed by atoms with Gasteiger partial charge in [0.1, 0.15) is 12.8 Å². The summed E-state index contributed by atoms with van der Waals surface area (Å²) in [7, 11) is 0. The smallest absolute Gasteiger partial charge is 0.240 e. The minimum atomic E-state index is -0.169. The lowest BCUT2D eigenvalue weighted by molar-refractivity contribution is -0.122. The van der Waals surface area contributed by atoms with E-state index in [9.17, 15) is 14.4 Å². The van der Waals surface area contributed by atoms with Gasteiger partial charge < -0.3 is 10.2 Å². The fraction of sp³-hybridized carbons (Fsp3) is 0.357. The molecular weight excluding hydrogens is 276 g/mol. The summed E-state index contributed by atoms with van der Waals surface area (Å²) in [5, 5.41) is 2.76. The minimum absolute atomic E-state index is 0.0207. The van der Waals surface area contributed by atoms with Crippen LogP contribution in [-0.2, 0) is 9.59 Å². The molecule has 0 aromatic heterocycles. The summed E-state index contributed by atoms with van der Waals surface area (Å²) in [6, 6.07) is 5.12. The van der Waals surface area contributed by atoms with Gasteiger partial charge in [-0.15, -0.1) is 11.8 Å². The number of amides is 2. The van der Waals surface area contributed by atoms with Crippen molar-refractivity contribution < 1.29 is 14.4 Å². The van der Waals surface area contributed by atoms with Crippen LogP contribution in [0, 0.1) is 0 Å². The second kappa shape index (κ2) is 6.56. The highest BCUT2D eigenvalue weighted by atomic mass is 32.2. The summed E-state index contributed by atoms with van der Waals surface area (Å²) in [6.45, 7) is 2.60. The topological polar surface area (TPSA) is 66.5 Å². The SMILES string of the molecule is CCCNC(=O)CN1C(=O)CSc2cc(C=O)ccc21. The molecule has 0 aliphatic carbocycles. The first-order valence-electron chi connectivity index (χ1n) is 6.44. The van der Waals surface area contributed by atoms with Gasteiger partial charge >= 0.3 is 0 Å². The molecule has 1 aromatic carbocycles. The van der Waals surface area contributed by atoms with Gasteiger partial charge in [0.25, 0.3) is 0 Å². The highest BCUT2D eigenvalue weighted by Gasteiger charge is 2.26. The van der Waals surface area contributed by atoms with Gasteiger partial charge in [0.15, 0.2) is 0 Å². The van der Waals surface area contributed by atoms with Crippen LogP contribution in [0.5, 0.6) is 0 Å². The van der Waals surface area contributed by atoms with Crippen molar-refractivity contribution in [3.63, 3.8) is 0 Å². The number of anilines is 1. The number of nitrogens with one attached hydrogen (secondary N) is 1. The molecule has 0 atom stereocenters. The quantitative estimate of drug-likeness (QED) is 0.834. The maximum absolute atomic E-state index is 12.0. The van der Waals surface area contributed by atoms with Crippen LogP contribution in [0.3, 0.4) is 0 Å². The lowest BCUT2D eigenvalue weighted by Gasteiger charge is -2.28. The summed E-state index contributed by atoms with van der Waals surface area (Å²) in [6.07, 6.45) is 1.63. The van der Waals surface area contributed by atoms with Gasteiger partial charge in [-0.05, 0) is 24.6 Å². The van der Waals surface area contributed by atoms with Crippen molar-refractivity contribution in [1.29, 1.82) is 0 Å². The molecule has 5 nitrogen and oxygen atoms in total. The van der Waals surface area contributed by atoms with Gasteiger partial charge in [-0.3, -0.25) is 14.4 Å². The second-order valence-electron chi connectivity index (χ2n) is 4.46. The van der Waals surface area contributed by atoms with Crippen LogP contribution in [0.25, 0.3) is 0 Å². The van der Waals surface area contributed by atoms with Crippen molar-refractivity contribution in [2.45, 2.75) is 18.2 Å². The number of thioether (sulfide) groups is 1. The van der Waals surface area contributed by atoms with Crippen LogP contribution < -0.4 is 10.2 Å². The number of aldehydes is 1. The Morgan fingerprint density at radius 3 is 3.00 bits per heavy atom. The van der Waals surface area contributed by atoms with Crippen LogP contribution >= 0.6 is 11.8 Å². The third-order valence-electron chi connectivity index (χ3n) is 2.94. The Morgan fingerprint density at radius 2 is 2.30 bits per heavy atom. The average Bonchev–Trinajstić information content (AvgIpc) is 2.47. The second-order valence-corrected chi connectivity index (χ2v) is 5.48. The number of fused-ring (bicyclic) bond motifs is 1. The molecule has 0 spiro atoms. The number of carbonyl (C=O) groups excluding carboxylic acids is 3. The van der Waals surface area contributed by atoms with E-state index in [1.807, 2.05) is 6.92 Å². The van der Waals surface area contributed by atoms with E-state index in [-0.39, 0.29) is 24.1 Å². The maximum Gasteiger partial charge on any atom is 0.240 e. The molecule has 1 N–H and O–H groups in total. The maximum atomic E-state index is 12.0. The van der Waals surface area contributed by atoms with Crippen molar-refractivity contribution in [2.24, 2.45) is 0 Å². The fourth-order valence-electron chi connectivity index (χ4n) is 1.93. The molecular formula is C14H16N2O3S. The average molecular weight is 292 g/mol. The predicted octanol–water partition coefficient (Wildman–Crippen LogP) is 1.46. The summed E-state index contributed by atoms with van der Waals surface area (Å²) in [5.41, 5.74) is 1.27. The first-order valence-corrected chi connectivity index (χ1v) is 7.43. The molecule has 106 valence electrons. The number of carbonyl (C=O) groups is 3. The standard InChI is InChI=1S/C14H16N2O3S/c1-2-5-15-13(18)7-16-11-4-3-10(8-17)6-12(11)20-9-14(16)19/h3-4,6,8H,2,5,7,9H2,1H3,(H,15,18). The van der Waals surface area contributed by atoms with E-state index in [1.165, 1.54) is 16.7 Å². The zero-order valence-electron chi connectivity index (χ0n) is 11.2. The molecule has 0 saturated heterocycles. The van der Waals surface area contributed by atoms with Gasteiger partial charge in [0.2, 0.25) is 11.8 Å². The summed E-state index contributed by atoms with van der Waals surface area (Å²) in [4.78, 5) is 36.9. The van der Waals surface area contributed by atoms with E-state index in [0.717, 1.165) is 17.6 Å². The Labute approximate surface area is 121 Å². The minimum Gasteiger partial charge on any atom is -0.355 e. The van der Waals surface area contributed by atoms with E-state index in [0.29, 0.717) is 17.8 Å². The first kappa shape index (κ1) is 14.6. The Morgan fingerprint density at radius 1 is 1.50 bits per heavy atom. The molecule has 0 radical (unpaired) electrons. The zero-order valence-corrected chi connectivity index (χ0v) is 12.0. The van der Waals surface area contributed by atoms with E-state index in [1.54, 1.807) is 18.2 Å². The lowest BCUT2D eigenvalue weighted by Crippen LogP contribution is -2.43. The van der Waals surface area contributed by atoms with E-state index in [4.69, 9.17) is 0 Å². The predicted molar refractivity (Wildman–Crippen MR) is 78.2 cm³/mol. The molecule has 0 unspecified atom stereocenters. The Bertz CT molecular complexity index is 545. The van der Waals surface area contributed by atoms with E-state index < -0.39 is 0 Å². The van der Waals surface area contributed by atoms with Gasteiger partial charge in [-0.2, -0.15) is 0 Å². The van der Waals surface area contributed by atoms with E-state index in [2.05, 4.69) is 5.32 Å². The Balaban J connectivity index is 2.19. The Kier molecular flexibility index (Phi) is 4.79. The third-order valence-corrected chi connectivity index (χ3v) is 3.97. The molecule has 0 saturated carbocycles. The van der Waals surface area contributed by atoms with E-state index >= 15 is 0 Å².